The SMILES string of the molecule is N#C[C@H]1C[C@H]1Cn1cc(N)cn1. The first-order valence-corrected chi connectivity index (χ1v) is 3.97. The zero-order chi connectivity index (χ0) is 8.55. The number of rotatable bonds is 2. The van der Waals surface area contributed by atoms with E-state index in [0.29, 0.717) is 11.6 Å². The van der Waals surface area contributed by atoms with E-state index < -0.39 is 0 Å². The minimum Gasteiger partial charge on any atom is -0.396 e. The van der Waals surface area contributed by atoms with Crippen LogP contribution in [0.1, 0.15) is 6.42 Å². The van der Waals surface area contributed by atoms with Gasteiger partial charge in [-0.25, -0.2) is 0 Å². The molecule has 0 unspecified atom stereocenters. The molecule has 0 aromatic carbocycles. The van der Waals surface area contributed by atoms with Crippen LogP contribution in [0.4, 0.5) is 5.69 Å². The molecule has 12 heavy (non-hydrogen) atoms. The van der Waals surface area contributed by atoms with Gasteiger partial charge in [0.1, 0.15) is 0 Å². The summed E-state index contributed by atoms with van der Waals surface area (Å²) in [6.07, 6.45) is 4.44. The van der Waals surface area contributed by atoms with Gasteiger partial charge in [-0.05, 0) is 12.3 Å². The van der Waals surface area contributed by atoms with Crippen molar-refractivity contribution >= 4 is 5.69 Å². The van der Waals surface area contributed by atoms with Gasteiger partial charge in [-0.3, -0.25) is 4.68 Å². The maximum Gasteiger partial charge on any atom is 0.0719 e. The molecular weight excluding hydrogens is 152 g/mol. The number of nitrogen functional groups attached to an aromatic ring is 1. The summed E-state index contributed by atoms with van der Waals surface area (Å²) in [6.45, 7) is 0.829. The van der Waals surface area contributed by atoms with Crippen LogP contribution in [0.2, 0.25) is 0 Å². The summed E-state index contributed by atoms with van der Waals surface area (Å²) in [6, 6.07) is 2.24. The van der Waals surface area contributed by atoms with E-state index in [-0.39, 0.29) is 5.92 Å². The van der Waals surface area contributed by atoms with Crippen LogP contribution in [-0.4, -0.2) is 9.78 Å². The van der Waals surface area contributed by atoms with E-state index in [4.69, 9.17) is 11.0 Å². The number of hydrogen-bond donors (Lipinski definition) is 1. The molecule has 0 radical (unpaired) electrons. The first-order chi connectivity index (χ1) is 5.79. The van der Waals surface area contributed by atoms with Crippen LogP contribution >= 0.6 is 0 Å². The summed E-state index contributed by atoms with van der Waals surface area (Å²) in [7, 11) is 0. The molecular formula is C8H10N4. The Bertz CT molecular complexity index is 322. The Morgan fingerprint density at radius 3 is 3.17 bits per heavy atom. The van der Waals surface area contributed by atoms with Crippen molar-refractivity contribution in [2.45, 2.75) is 13.0 Å². The van der Waals surface area contributed by atoms with Crippen molar-refractivity contribution in [1.29, 1.82) is 5.26 Å². The highest BCUT2D eigenvalue weighted by Gasteiger charge is 2.37. The first-order valence-electron chi connectivity index (χ1n) is 3.97. The predicted octanol–water partition coefficient (Wildman–Crippen LogP) is 0.625. The topological polar surface area (TPSA) is 67.6 Å². The molecule has 2 rings (SSSR count). The lowest BCUT2D eigenvalue weighted by atomic mass is 10.3. The number of nitrogens with two attached hydrogens (primary N) is 1. The Balaban J connectivity index is 1.94. The largest absolute Gasteiger partial charge is 0.396 e. The quantitative estimate of drug-likeness (QED) is 0.693. The summed E-state index contributed by atoms with van der Waals surface area (Å²) in [5.41, 5.74) is 6.18. The molecule has 1 aliphatic carbocycles. The molecule has 2 atom stereocenters. The lowest BCUT2D eigenvalue weighted by Crippen LogP contribution is -2.00. The molecule has 1 heterocycles. The summed E-state index contributed by atoms with van der Waals surface area (Å²) in [5, 5.41) is 12.6. The molecule has 1 aromatic rings. The van der Waals surface area contributed by atoms with Crippen molar-refractivity contribution in [2.24, 2.45) is 11.8 Å². The van der Waals surface area contributed by atoms with Gasteiger partial charge >= 0.3 is 0 Å². The van der Waals surface area contributed by atoms with E-state index in [1.54, 1.807) is 17.1 Å². The number of hydrogen-bond acceptors (Lipinski definition) is 3. The average Bonchev–Trinajstić information content (AvgIpc) is 2.67. The van der Waals surface area contributed by atoms with Crippen molar-refractivity contribution in [3.63, 3.8) is 0 Å². The Morgan fingerprint density at radius 2 is 2.67 bits per heavy atom. The van der Waals surface area contributed by atoms with Crippen LogP contribution in [0, 0.1) is 23.2 Å². The minimum atomic E-state index is 0.246. The first kappa shape index (κ1) is 7.17. The molecule has 4 nitrogen and oxygen atoms in total. The maximum atomic E-state index is 8.56. The lowest BCUT2D eigenvalue weighted by Gasteiger charge is -1.96. The third-order valence-corrected chi connectivity index (χ3v) is 2.16. The summed E-state index contributed by atoms with van der Waals surface area (Å²) < 4.78 is 1.80. The zero-order valence-corrected chi connectivity index (χ0v) is 6.64. The maximum absolute atomic E-state index is 8.56. The van der Waals surface area contributed by atoms with Gasteiger partial charge in [0.25, 0.3) is 0 Å². The van der Waals surface area contributed by atoms with Crippen molar-refractivity contribution in [3.05, 3.63) is 12.4 Å². The molecule has 0 spiro atoms. The minimum absolute atomic E-state index is 0.246. The van der Waals surface area contributed by atoms with Crippen molar-refractivity contribution in [3.8, 4) is 6.07 Å². The van der Waals surface area contributed by atoms with Gasteiger partial charge in [0, 0.05) is 12.7 Å². The molecule has 0 amide bonds. The molecule has 62 valence electrons. The highest BCUT2D eigenvalue weighted by molar-refractivity contribution is 5.30. The van der Waals surface area contributed by atoms with Crippen molar-refractivity contribution < 1.29 is 0 Å². The molecule has 1 fully saturated rings. The highest BCUT2D eigenvalue weighted by atomic mass is 15.3. The van der Waals surface area contributed by atoms with Gasteiger partial charge < -0.3 is 5.73 Å². The van der Waals surface area contributed by atoms with Gasteiger partial charge in [0.05, 0.1) is 23.9 Å². The Labute approximate surface area is 70.6 Å². The normalized spacial score (nSPS) is 26.6. The Hall–Kier alpha value is -1.50. The van der Waals surface area contributed by atoms with E-state index in [2.05, 4.69) is 11.2 Å². The van der Waals surface area contributed by atoms with E-state index in [1.807, 2.05) is 0 Å². The van der Waals surface area contributed by atoms with Crippen LogP contribution < -0.4 is 5.73 Å². The van der Waals surface area contributed by atoms with E-state index in [1.165, 1.54) is 0 Å². The van der Waals surface area contributed by atoms with Crippen molar-refractivity contribution in [1.82, 2.24) is 9.78 Å². The average molecular weight is 162 g/mol. The fraction of sp³-hybridized carbons (Fsp3) is 0.500. The highest BCUT2D eigenvalue weighted by Crippen LogP contribution is 2.38. The fourth-order valence-electron chi connectivity index (χ4n) is 1.33. The van der Waals surface area contributed by atoms with Crippen LogP contribution in [0.25, 0.3) is 0 Å². The van der Waals surface area contributed by atoms with Crippen LogP contribution in [0.3, 0.4) is 0 Å². The standard InChI is InChI=1S/C8H10N4/c9-2-6-1-7(6)4-12-5-8(10)3-11-12/h3,5-7H,1,4,10H2/t6-,7+/m1/s1. The Kier molecular flexibility index (Phi) is 1.51. The fourth-order valence-corrected chi connectivity index (χ4v) is 1.33. The second kappa shape index (κ2) is 2.52. The number of nitriles is 1. The Morgan fingerprint density at radius 1 is 1.83 bits per heavy atom. The number of nitrogens with zero attached hydrogens (tertiary/aromatic N) is 3. The molecule has 2 N–H and O–H groups in total. The molecule has 0 aliphatic heterocycles. The molecule has 0 bridgehead atoms. The van der Waals surface area contributed by atoms with Crippen molar-refractivity contribution in [2.75, 3.05) is 5.73 Å². The van der Waals surface area contributed by atoms with Crippen LogP contribution in [-0.2, 0) is 6.54 Å². The van der Waals surface area contributed by atoms with Gasteiger partial charge in [-0.1, -0.05) is 0 Å². The molecule has 1 aromatic heterocycles. The predicted molar refractivity (Wildman–Crippen MR) is 43.8 cm³/mol. The van der Waals surface area contributed by atoms with Crippen LogP contribution in [0.15, 0.2) is 12.4 Å². The van der Waals surface area contributed by atoms with Crippen LogP contribution in [0.5, 0.6) is 0 Å². The van der Waals surface area contributed by atoms with E-state index in [0.717, 1.165) is 13.0 Å². The monoisotopic (exact) mass is 162 g/mol. The van der Waals surface area contributed by atoms with Gasteiger partial charge in [-0.15, -0.1) is 0 Å². The molecule has 1 saturated carbocycles. The summed E-state index contributed by atoms with van der Waals surface area (Å²) in [4.78, 5) is 0. The summed E-state index contributed by atoms with van der Waals surface area (Å²) in [5.74, 6) is 0.740. The smallest absolute Gasteiger partial charge is 0.0719 e. The molecule has 1 aliphatic rings. The second-order valence-corrected chi connectivity index (χ2v) is 3.23. The molecule has 4 heteroatoms. The van der Waals surface area contributed by atoms with E-state index in [9.17, 15) is 0 Å². The van der Waals surface area contributed by atoms with E-state index >= 15 is 0 Å². The number of anilines is 1. The van der Waals surface area contributed by atoms with Gasteiger partial charge in [0.2, 0.25) is 0 Å². The zero-order valence-electron chi connectivity index (χ0n) is 6.64. The third kappa shape index (κ3) is 1.26. The second-order valence-electron chi connectivity index (χ2n) is 3.23. The molecule has 0 saturated heterocycles. The van der Waals surface area contributed by atoms with Gasteiger partial charge in [0.15, 0.2) is 0 Å². The number of aromatic nitrogens is 2. The third-order valence-electron chi connectivity index (χ3n) is 2.16. The lowest BCUT2D eigenvalue weighted by molar-refractivity contribution is 0.550. The van der Waals surface area contributed by atoms with Gasteiger partial charge in [-0.2, -0.15) is 10.4 Å². The summed E-state index contributed by atoms with van der Waals surface area (Å²) >= 11 is 0.